The molecule has 3 aromatic rings. The van der Waals surface area contributed by atoms with Gasteiger partial charge in [-0.15, -0.1) is 5.59 Å². The number of aliphatic hydroxyl groups is 1. The highest BCUT2D eigenvalue weighted by molar-refractivity contribution is 6.30. The first kappa shape index (κ1) is 24.0. The van der Waals surface area contributed by atoms with Crippen molar-refractivity contribution in [1.82, 2.24) is 16.3 Å². The second-order valence-corrected chi connectivity index (χ2v) is 7.77. The van der Waals surface area contributed by atoms with Crippen molar-refractivity contribution in [1.29, 1.82) is 0 Å². The fourth-order valence-corrected chi connectivity index (χ4v) is 3.28. The van der Waals surface area contributed by atoms with E-state index in [1.165, 1.54) is 0 Å². The van der Waals surface area contributed by atoms with Crippen LogP contribution in [-0.2, 0) is 4.84 Å². The van der Waals surface area contributed by atoms with Gasteiger partial charge in [0.1, 0.15) is 13.0 Å². The first-order chi connectivity index (χ1) is 15.4. The molecule has 0 spiro atoms. The Morgan fingerprint density at radius 2 is 1.72 bits per heavy atom. The second kappa shape index (κ2) is 11.8. The number of anilines is 2. The number of nitrogens with one attached hydrogen (secondary N) is 4. The molecule has 0 aliphatic rings. The highest BCUT2D eigenvalue weighted by Crippen LogP contribution is 2.21. The van der Waals surface area contributed by atoms with Crippen molar-refractivity contribution >= 4 is 23.0 Å². The average Bonchev–Trinajstić information content (AvgIpc) is 2.79. The van der Waals surface area contributed by atoms with Gasteiger partial charge in [-0.2, -0.15) is 0 Å². The summed E-state index contributed by atoms with van der Waals surface area (Å²) in [6, 6.07) is 21.7. The Bertz CT molecular complexity index is 974. The summed E-state index contributed by atoms with van der Waals surface area (Å²) >= 11 is 6.01. The van der Waals surface area contributed by atoms with Gasteiger partial charge in [0.25, 0.3) is 0 Å². The number of nitrogen functional groups attached to an aromatic ring is 1. The number of hydrazine groups is 1. The highest BCUT2D eigenvalue weighted by atomic mass is 35.5. The van der Waals surface area contributed by atoms with Crippen molar-refractivity contribution in [3.8, 4) is 0 Å². The lowest BCUT2D eigenvalue weighted by atomic mass is 10.1. The molecule has 0 saturated carbocycles. The summed E-state index contributed by atoms with van der Waals surface area (Å²) in [6.07, 6.45) is -1.60. The van der Waals surface area contributed by atoms with E-state index in [-0.39, 0.29) is 6.73 Å². The zero-order valence-electron chi connectivity index (χ0n) is 17.8. The van der Waals surface area contributed by atoms with Crippen molar-refractivity contribution in [2.75, 3.05) is 17.8 Å². The number of hydrogen-bond acceptors (Lipinski definition) is 8. The average molecular weight is 457 g/mol. The molecule has 170 valence electrons. The maximum absolute atomic E-state index is 10.8. The molecule has 0 radical (unpaired) electrons. The first-order valence-electron chi connectivity index (χ1n) is 10.2. The minimum Gasteiger partial charge on any atom is -0.397 e. The molecule has 3 atom stereocenters. The molecule has 3 aromatic carbocycles. The SMILES string of the molecule is Cc1ccc(NCONNC(c2ccc(Cl)cc2)C(O)NC(N)c2ccccc2)c(N)c1. The van der Waals surface area contributed by atoms with Crippen molar-refractivity contribution in [2.45, 2.75) is 25.4 Å². The lowest BCUT2D eigenvalue weighted by molar-refractivity contribution is -0.0153. The second-order valence-electron chi connectivity index (χ2n) is 7.33. The molecule has 9 N–H and O–H groups in total. The normalized spacial score (nSPS) is 14.0. The van der Waals surface area contributed by atoms with Crippen molar-refractivity contribution in [2.24, 2.45) is 5.73 Å². The minimum absolute atomic E-state index is 0.140. The molecule has 3 unspecified atom stereocenters. The summed E-state index contributed by atoms with van der Waals surface area (Å²) in [5.41, 5.74) is 21.9. The first-order valence-corrected chi connectivity index (χ1v) is 10.5. The predicted octanol–water partition coefficient (Wildman–Crippen LogP) is 2.93. The van der Waals surface area contributed by atoms with Crippen LogP contribution in [0.2, 0.25) is 5.02 Å². The van der Waals surface area contributed by atoms with Crippen LogP contribution < -0.4 is 33.1 Å². The molecular formula is C23H29ClN6O2. The van der Waals surface area contributed by atoms with Crippen LogP contribution in [0.1, 0.15) is 28.9 Å². The molecule has 0 heterocycles. The summed E-state index contributed by atoms with van der Waals surface area (Å²) in [5, 5.41) is 17.5. The molecular weight excluding hydrogens is 428 g/mol. The van der Waals surface area contributed by atoms with Crippen LogP contribution in [0.4, 0.5) is 11.4 Å². The van der Waals surface area contributed by atoms with Crippen LogP contribution in [0.25, 0.3) is 0 Å². The quantitative estimate of drug-likeness (QED) is 0.101. The van der Waals surface area contributed by atoms with E-state index in [0.717, 1.165) is 22.4 Å². The summed E-state index contributed by atoms with van der Waals surface area (Å²) in [4.78, 5) is 5.41. The molecule has 3 rings (SSSR count). The van der Waals surface area contributed by atoms with Gasteiger partial charge in [-0.05, 0) is 47.9 Å². The van der Waals surface area contributed by atoms with Gasteiger partial charge in [0.05, 0.1) is 23.6 Å². The molecule has 0 bridgehead atoms. The van der Waals surface area contributed by atoms with Gasteiger partial charge in [0, 0.05) is 5.02 Å². The van der Waals surface area contributed by atoms with Crippen LogP contribution in [0.15, 0.2) is 72.8 Å². The van der Waals surface area contributed by atoms with Gasteiger partial charge in [0.15, 0.2) is 0 Å². The summed E-state index contributed by atoms with van der Waals surface area (Å²) < 4.78 is 0. The third-order valence-electron chi connectivity index (χ3n) is 4.88. The van der Waals surface area contributed by atoms with Gasteiger partial charge in [-0.1, -0.05) is 60.1 Å². The fourth-order valence-electron chi connectivity index (χ4n) is 3.15. The third kappa shape index (κ3) is 6.91. The van der Waals surface area contributed by atoms with E-state index in [0.29, 0.717) is 10.7 Å². The number of halogens is 1. The number of hydrogen-bond donors (Lipinski definition) is 7. The van der Waals surface area contributed by atoms with E-state index in [9.17, 15) is 5.11 Å². The molecule has 0 aliphatic heterocycles. The summed E-state index contributed by atoms with van der Waals surface area (Å²) in [6.45, 7) is 2.11. The van der Waals surface area contributed by atoms with Gasteiger partial charge < -0.3 is 21.9 Å². The number of benzene rings is 3. The molecule has 0 saturated heterocycles. The smallest absolute Gasteiger partial charge is 0.139 e. The van der Waals surface area contributed by atoms with E-state index in [1.807, 2.05) is 67.6 Å². The van der Waals surface area contributed by atoms with Crippen LogP contribution in [0.5, 0.6) is 0 Å². The molecule has 0 aliphatic carbocycles. The summed E-state index contributed by atoms with van der Waals surface area (Å²) in [5.74, 6) is 0. The lowest BCUT2D eigenvalue weighted by Gasteiger charge is -2.28. The van der Waals surface area contributed by atoms with E-state index in [4.69, 9.17) is 27.9 Å². The van der Waals surface area contributed by atoms with Gasteiger partial charge in [-0.3, -0.25) is 10.2 Å². The topological polar surface area (TPSA) is 130 Å². The van der Waals surface area contributed by atoms with E-state index in [1.54, 1.807) is 12.1 Å². The lowest BCUT2D eigenvalue weighted by Crippen LogP contribution is -2.49. The van der Waals surface area contributed by atoms with Crippen molar-refractivity contribution in [3.63, 3.8) is 0 Å². The Labute approximate surface area is 192 Å². The Balaban J connectivity index is 1.58. The van der Waals surface area contributed by atoms with E-state index in [2.05, 4.69) is 21.6 Å². The molecule has 32 heavy (non-hydrogen) atoms. The molecule has 8 nitrogen and oxygen atoms in total. The third-order valence-corrected chi connectivity index (χ3v) is 5.13. The zero-order chi connectivity index (χ0) is 22.9. The monoisotopic (exact) mass is 456 g/mol. The van der Waals surface area contributed by atoms with Gasteiger partial charge in [0.2, 0.25) is 0 Å². The van der Waals surface area contributed by atoms with Crippen LogP contribution in [0.3, 0.4) is 0 Å². The van der Waals surface area contributed by atoms with Gasteiger partial charge in [-0.25, -0.2) is 5.43 Å². The van der Waals surface area contributed by atoms with Gasteiger partial charge >= 0.3 is 0 Å². The van der Waals surface area contributed by atoms with Crippen molar-refractivity contribution in [3.05, 3.63) is 94.5 Å². The largest absolute Gasteiger partial charge is 0.397 e. The molecule has 0 aromatic heterocycles. The molecule has 0 amide bonds. The maximum atomic E-state index is 10.8. The van der Waals surface area contributed by atoms with Crippen molar-refractivity contribution < 1.29 is 9.94 Å². The minimum atomic E-state index is -1.04. The van der Waals surface area contributed by atoms with Crippen LogP contribution in [-0.4, -0.2) is 18.1 Å². The number of aryl methyl sites for hydroxylation is 1. The molecule has 9 heteroatoms. The van der Waals surface area contributed by atoms with Crippen LogP contribution in [0, 0.1) is 6.92 Å². The number of aliphatic hydroxyl groups excluding tert-OH is 1. The Hall–Kier alpha value is -2.69. The van der Waals surface area contributed by atoms with Crippen LogP contribution >= 0.6 is 11.6 Å². The maximum Gasteiger partial charge on any atom is 0.139 e. The zero-order valence-corrected chi connectivity index (χ0v) is 18.5. The standard InChI is InChI=1S/C23H29ClN6O2/c1-15-7-12-20(19(25)13-15)27-14-32-30-29-21(16-8-10-18(24)11-9-16)23(31)28-22(26)17-5-3-2-4-6-17/h2-13,21-23,27-31H,14,25-26H2,1H3. The highest BCUT2D eigenvalue weighted by Gasteiger charge is 2.23. The number of rotatable bonds is 11. The molecule has 0 fully saturated rings. The Kier molecular flexibility index (Phi) is 8.83. The number of nitrogens with two attached hydrogens (primary N) is 2. The van der Waals surface area contributed by atoms with E-state index < -0.39 is 18.4 Å². The Morgan fingerprint density at radius 3 is 2.41 bits per heavy atom. The van der Waals surface area contributed by atoms with E-state index >= 15 is 0 Å². The summed E-state index contributed by atoms with van der Waals surface area (Å²) in [7, 11) is 0. The predicted molar refractivity (Wildman–Crippen MR) is 128 cm³/mol. The Morgan fingerprint density at radius 1 is 1.00 bits per heavy atom. The fraction of sp³-hybridized carbons (Fsp3) is 0.217.